The molecular formula is C13H20N2O2. The molecule has 1 unspecified atom stereocenters. The summed E-state index contributed by atoms with van der Waals surface area (Å²) in [4.78, 5) is 6.51. The first-order valence-corrected chi connectivity index (χ1v) is 6.17. The third kappa shape index (κ3) is 2.76. The predicted octanol–water partition coefficient (Wildman–Crippen LogP) is 1.75. The summed E-state index contributed by atoms with van der Waals surface area (Å²) in [6.45, 7) is 3.58. The molecule has 1 saturated heterocycles. The Labute approximate surface area is 102 Å². The van der Waals surface area contributed by atoms with Crippen molar-refractivity contribution in [3.05, 3.63) is 24.0 Å². The Hall–Kier alpha value is -1.13. The second-order valence-electron chi connectivity index (χ2n) is 4.49. The number of hydrogen-bond donors (Lipinski definition) is 1. The van der Waals surface area contributed by atoms with E-state index in [1.54, 1.807) is 0 Å². The van der Waals surface area contributed by atoms with Crippen molar-refractivity contribution < 1.29 is 9.84 Å². The summed E-state index contributed by atoms with van der Waals surface area (Å²) in [5, 5.41) is 9.67. The Bertz CT molecular complexity index is 347. The third-order valence-electron chi connectivity index (χ3n) is 3.36. The second-order valence-corrected chi connectivity index (χ2v) is 4.49. The Kier molecular flexibility index (Phi) is 3.97. The summed E-state index contributed by atoms with van der Waals surface area (Å²) in [6, 6.07) is 4.36. The van der Waals surface area contributed by atoms with E-state index in [0.717, 1.165) is 31.0 Å². The second kappa shape index (κ2) is 5.47. The third-order valence-corrected chi connectivity index (χ3v) is 3.36. The lowest BCUT2D eigenvalue weighted by Gasteiger charge is -2.25. The van der Waals surface area contributed by atoms with E-state index in [-0.39, 0.29) is 0 Å². The molecular weight excluding hydrogens is 216 g/mol. The van der Waals surface area contributed by atoms with Crippen molar-refractivity contribution in [1.29, 1.82) is 0 Å². The molecule has 1 aromatic rings. The minimum Gasteiger partial charge on any atom is -0.387 e. The first-order chi connectivity index (χ1) is 8.22. The van der Waals surface area contributed by atoms with Gasteiger partial charge in [-0.1, -0.05) is 6.92 Å². The molecule has 0 radical (unpaired) electrons. The summed E-state index contributed by atoms with van der Waals surface area (Å²) in [7, 11) is 2.06. The summed E-state index contributed by atoms with van der Waals surface area (Å²) in [6.07, 6.45) is 3.13. The lowest BCUT2D eigenvalue weighted by Crippen LogP contribution is -2.31. The molecule has 17 heavy (non-hydrogen) atoms. The predicted molar refractivity (Wildman–Crippen MR) is 67.1 cm³/mol. The minimum atomic E-state index is -0.454. The first kappa shape index (κ1) is 12.3. The zero-order valence-electron chi connectivity index (χ0n) is 10.5. The van der Waals surface area contributed by atoms with Crippen LogP contribution in [0.4, 0.5) is 5.69 Å². The average Bonchev–Trinajstić information content (AvgIpc) is 2.91. The van der Waals surface area contributed by atoms with Gasteiger partial charge >= 0.3 is 0 Å². The van der Waals surface area contributed by atoms with Crippen LogP contribution in [0.1, 0.15) is 31.6 Å². The van der Waals surface area contributed by atoms with Crippen molar-refractivity contribution in [3.8, 4) is 0 Å². The topological polar surface area (TPSA) is 45.6 Å². The van der Waals surface area contributed by atoms with Crippen molar-refractivity contribution in [3.63, 3.8) is 0 Å². The van der Waals surface area contributed by atoms with Crippen molar-refractivity contribution >= 4 is 5.69 Å². The van der Waals surface area contributed by atoms with E-state index in [2.05, 4.69) is 16.9 Å². The number of aliphatic hydroxyl groups is 1. The highest BCUT2D eigenvalue weighted by atomic mass is 16.5. The molecule has 94 valence electrons. The van der Waals surface area contributed by atoms with Gasteiger partial charge in [0.25, 0.3) is 0 Å². The number of likely N-dealkylation sites (N-methyl/N-ethyl adjacent to an activating group) is 1. The van der Waals surface area contributed by atoms with E-state index >= 15 is 0 Å². The fraction of sp³-hybridized carbons (Fsp3) is 0.615. The molecule has 0 spiro atoms. The van der Waals surface area contributed by atoms with Crippen LogP contribution in [-0.2, 0) is 4.74 Å². The summed E-state index contributed by atoms with van der Waals surface area (Å²) in [5.41, 5.74) is 1.82. The highest BCUT2D eigenvalue weighted by Gasteiger charge is 2.20. The number of ether oxygens (including phenoxy) is 1. The minimum absolute atomic E-state index is 0.443. The molecule has 0 aromatic carbocycles. The fourth-order valence-corrected chi connectivity index (χ4v) is 2.05. The largest absolute Gasteiger partial charge is 0.387 e. The van der Waals surface area contributed by atoms with Crippen molar-refractivity contribution in [2.24, 2.45) is 0 Å². The molecule has 0 amide bonds. The van der Waals surface area contributed by atoms with E-state index in [0.29, 0.717) is 12.5 Å². The van der Waals surface area contributed by atoms with Gasteiger partial charge in [-0.25, -0.2) is 0 Å². The lowest BCUT2D eigenvalue weighted by atomic mass is 10.1. The highest BCUT2D eigenvalue weighted by Crippen LogP contribution is 2.21. The maximum Gasteiger partial charge on any atom is 0.0957 e. The van der Waals surface area contributed by atoms with Gasteiger partial charge in [0.2, 0.25) is 0 Å². The Morgan fingerprint density at radius 1 is 1.59 bits per heavy atom. The number of aromatic nitrogens is 1. The van der Waals surface area contributed by atoms with E-state index in [1.807, 2.05) is 25.3 Å². The highest BCUT2D eigenvalue weighted by molar-refractivity contribution is 5.45. The van der Waals surface area contributed by atoms with Crippen molar-refractivity contribution in [2.45, 2.75) is 31.9 Å². The molecule has 0 bridgehead atoms. The molecule has 1 aliphatic heterocycles. The van der Waals surface area contributed by atoms with Gasteiger partial charge < -0.3 is 14.7 Å². The molecule has 4 nitrogen and oxygen atoms in total. The number of hydrogen-bond acceptors (Lipinski definition) is 4. The summed E-state index contributed by atoms with van der Waals surface area (Å²) < 4.78 is 5.38. The Balaban J connectivity index is 2.06. The van der Waals surface area contributed by atoms with E-state index in [9.17, 15) is 5.11 Å². The monoisotopic (exact) mass is 236 g/mol. The number of aliphatic hydroxyl groups excluding tert-OH is 1. The maximum atomic E-state index is 9.67. The van der Waals surface area contributed by atoms with Crippen LogP contribution in [-0.4, -0.2) is 36.4 Å². The Morgan fingerprint density at radius 2 is 2.41 bits per heavy atom. The normalized spacial score (nSPS) is 21.5. The van der Waals surface area contributed by atoms with E-state index in [1.165, 1.54) is 0 Å². The van der Waals surface area contributed by atoms with Crippen molar-refractivity contribution in [2.75, 3.05) is 25.2 Å². The van der Waals surface area contributed by atoms with Gasteiger partial charge in [0.15, 0.2) is 0 Å². The Morgan fingerprint density at radius 3 is 2.94 bits per heavy atom. The summed E-state index contributed by atoms with van der Waals surface area (Å²) in [5.74, 6) is 0. The molecule has 1 N–H and O–H groups in total. The molecule has 1 aromatic heterocycles. The number of pyridine rings is 1. The van der Waals surface area contributed by atoms with Crippen LogP contribution in [0.15, 0.2) is 18.3 Å². The molecule has 2 atom stereocenters. The molecule has 2 rings (SSSR count). The molecule has 2 heterocycles. The SMILES string of the molecule is CC[C@@H](O)c1ccc(N(C)C2CCOC2)cn1. The maximum absolute atomic E-state index is 9.67. The van der Waals surface area contributed by atoms with Crippen LogP contribution < -0.4 is 4.90 Å². The summed E-state index contributed by atoms with van der Waals surface area (Å²) >= 11 is 0. The van der Waals surface area contributed by atoms with E-state index in [4.69, 9.17) is 4.74 Å². The smallest absolute Gasteiger partial charge is 0.0957 e. The van der Waals surface area contributed by atoms with Crippen LogP contribution in [0, 0.1) is 0 Å². The van der Waals surface area contributed by atoms with E-state index < -0.39 is 6.10 Å². The number of anilines is 1. The molecule has 1 aliphatic rings. The number of nitrogens with zero attached hydrogens (tertiary/aromatic N) is 2. The van der Waals surface area contributed by atoms with Crippen LogP contribution >= 0.6 is 0 Å². The zero-order chi connectivity index (χ0) is 12.3. The molecule has 0 aliphatic carbocycles. The van der Waals surface area contributed by atoms with Crippen LogP contribution in [0.2, 0.25) is 0 Å². The van der Waals surface area contributed by atoms with Crippen LogP contribution in [0.3, 0.4) is 0 Å². The van der Waals surface area contributed by atoms with Crippen LogP contribution in [0.5, 0.6) is 0 Å². The van der Waals surface area contributed by atoms with Gasteiger partial charge in [0.1, 0.15) is 0 Å². The van der Waals surface area contributed by atoms with Crippen LogP contribution in [0.25, 0.3) is 0 Å². The van der Waals surface area contributed by atoms with Gasteiger partial charge in [-0.05, 0) is 25.0 Å². The van der Waals surface area contributed by atoms with Gasteiger partial charge in [0.05, 0.1) is 36.3 Å². The molecule has 4 heteroatoms. The zero-order valence-corrected chi connectivity index (χ0v) is 10.5. The van der Waals surface area contributed by atoms with Crippen molar-refractivity contribution in [1.82, 2.24) is 4.98 Å². The van der Waals surface area contributed by atoms with Gasteiger partial charge in [-0.3, -0.25) is 4.98 Å². The van der Waals surface area contributed by atoms with Gasteiger partial charge in [-0.15, -0.1) is 0 Å². The lowest BCUT2D eigenvalue weighted by molar-refractivity contribution is 0.169. The quantitative estimate of drug-likeness (QED) is 0.865. The fourth-order valence-electron chi connectivity index (χ4n) is 2.05. The molecule has 0 saturated carbocycles. The van der Waals surface area contributed by atoms with Gasteiger partial charge in [0, 0.05) is 13.7 Å². The first-order valence-electron chi connectivity index (χ1n) is 6.17. The van der Waals surface area contributed by atoms with Gasteiger partial charge in [-0.2, -0.15) is 0 Å². The standard InChI is InChI=1S/C13H20N2O2/c1-3-13(16)12-5-4-10(8-14-12)15(2)11-6-7-17-9-11/h4-5,8,11,13,16H,3,6-7,9H2,1-2H3/t11?,13-/m1/s1. The average molecular weight is 236 g/mol. The number of rotatable bonds is 4. The molecule has 1 fully saturated rings.